The average Bonchev–Trinajstić information content (AvgIpc) is 2.90. The molecule has 1 aromatic rings. The third-order valence-electron chi connectivity index (χ3n) is 6.25. The number of rotatable bonds is 6. The summed E-state index contributed by atoms with van der Waals surface area (Å²) in [5, 5.41) is 14.2. The largest absolute Gasteiger partial charge is 0.388 e. The molecule has 2 aliphatic rings. The minimum absolute atomic E-state index is 0.0304. The van der Waals surface area contributed by atoms with E-state index in [1.54, 1.807) is 6.92 Å². The van der Waals surface area contributed by atoms with Crippen LogP contribution in [0.25, 0.3) is 0 Å². The molecule has 0 aliphatic carbocycles. The van der Waals surface area contributed by atoms with Crippen LogP contribution in [0.5, 0.6) is 0 Å². The van der Waals surface area contributed by atoms with Crippen LogP contribution in [0.2, 0.25) is 0 Å². The van der Waals surface area contributed by atoms with E-state index >= 15 is 0 Å². The number of carbonyl (C=O) groups excluding carboxylic acids is 2. The highest BCUT2D eigenvalue weighted by atomic mass is 16.3. The lowest BCUT2D eigenvalue weighted by molar-refractivity contribution is -0.131. The Hall–Kier alpha value is -1.92. The van der Waals surface area contributed by atoms with Crippen molar-refractivity contribution in [2.45, 2.75) is 63.5 Å². The Kier molecular flexibility index (Phi) is 7.67. The van der Waals surface area contributed by atoms with Crippen molar-refractivity contribution in [3.63, 3.8) is 0 Å². The van der Waals surface area contributed by atoms with Crippen LogP contribution in [0.4, 0.5) is 0 Å². The van der Waals surface area contributed by atoms with Gasteiger partial charge in [-0.15, -0.1) is 0 Å². The van der Waals surface area contributed by atoms with Gasteiger partial charge < -0.3 is 20.2 Å². The molecule has 2 heterocycles. The van der Waals surface area contributed by atoms with Crippen LogP contribution in [0, 0.1) is 0 Å². The van der Waals surface area contributed by atoms with Gasteiger partial charge in [0.25, 0.3) is 0 Å². The number of aryl methyl sites for hydroxylation is 1. The summed E-state index contributed by atoms with van der Waals surface area (Å²) in [6.45, 7) is 5.38. The van der Waals surface area contributed by atoms with Gasteiger partial charge in [-0.05, 0) is 44.1 Å². The van der Waals surface area contributed by atoms with Gasteiger partial charge in [-0.2, -0.15) is 0 Å². The monoisotopic (exact) mass is 401 g/mol. The van der Waals surface area contributed by atoms with E-state index in [0.717, 1.165) is 51.7 Å². The first-order valence-electron chi connectivity index (χ1n) is 11.0. The summed E-state index contributed by atoms with van der Waals surface area (Å²) in [4.78, 5) is 28.1. The van der Waals surface area contributed by atoms with Crippen molar-refractivity contribution in [1.82, 2.24) is 15.1 Å². The Morgan fingerprint density at radius 2 is 1.83 bits per heavy atom. The number of likely N-dealkylation sites (tertiary alicyclic amines) is 2. The first kappa shape index (κ1) is 21.8. The van der Waals surface area contributed by atoms with Crippen LogP contribution >= 0.6 is 0 Å². The topological polar surface area (TPSA) is 72.9 Å². The molecule has 2 aliphatic heterocycles. The molecule has 0 bridgehead atoms. The fourth-order valence-corrected chi connectivity index (χ4v) is 4.58. The summed E-state index contributed by atoms with van der Waals surface area (Å²) < 4.78 is 0. The number of nitrogens with one attached hydrogen (secondary N) is 1. The van der Waals surface area contributed by atoms with Crippen molar-refractivity contribution in [2.75, 3.05) is 32.7 Å². The second-order valence-corrected chi connectivity index (χ2v) is 8.70. The maximum Gasteiger partial charge on any atom is 0.222 e. The Labute approximate surface area is 174 Å². The molecule has 1 aromatic carbocycles. The Bertz CT molecular complexity index is 673. The number of aliphatic hydroxyl groups is 1. The molecule has 1 unspecified atom stereocenters. The van der Waals surface area contributed by atoms with Crippen molar-refractivity contribution >= 4 is 11.8 Å². The predicted molar refractivity (Wildman–Crippen MR) is 113 cm³/mol. The lowest BCUT2D eigenvalue weighted by Crippen LogP contribution is -2.50. The normalized spacial score (nSPS) is 24.1. The lowest BCUT2D eigenvalue weighted by Gasteiger charge is -2.38. The maximum atomic E-state index is 12.6. The SMILES string of the molecule is CC(=O)NC1CCN(CC2(O)CCCN(C(=O)CCc3ccccc3)CC2)CC1. The molecule has 160 valence electrons. The van der Waals surface area contributed by atoms with Gasteiger partial charge in [0.15, 0.2) is 0 Å². The van der Waals surface area contributed by atoms with Gasteiger partial charge >= 0.3 is 0 Å². The predicted octanol–water partition coefficient (Wildman–Crippen LogP) is 1.96. The summed E-state index contributed by atoms with van der Waals surface area (Å²) in [6.07, 6.45) is 5.37. The quantitative estimate of drug-likeness (QED) is 0.764. The standard InChI is InChI=1S/C23H35N3O3/c1-19(27)24-21-10-15-25(16-11-21)18-23(29)12-5-14-26(17-13-23)22(28)9-8-20-6-3-2-4-7-20/h2-4,6-7,21,29H,5,8-18H2,1H3,(H,24,27). The van der Waals surface area contributed by atoms with E-state index in [9.17, 15) is 14.7 Å². The van der Waals surface area contributed by atoms with E-state index in [1.807, 2.05) is 23.1 Å². The molecule has 2 saturated heterocycles. The summed E-state index contributed by atoms with van der Waals surface area (Å²) >= 11 is 0. The van der Waals surface area contributed by atoms with E-state index in [4.69, 9.17) is 0 Å². The third kappa shape index (κ3) is 6.82. The van der Waals surface area contributed by atoms with Gasteiger partial charge in [-0.25, -0.2) is 0 Å². The Balaban J connectivity index is 1.43. The minimum Gasteiger partial charge on any atom is -0.388 e. The van der Waals surface area contributed by atoms with Crippen LogP contribution < -0.4 is 5.32 Å². The summed E-state index contributed by atoms with van der Waals surface area (Å²) in [5.41, 5.74) is 0.463. The van der Waals surface area contributed by atoms with Gasteiger partial charge in [-0.1, -0.05) is 30.3 Å². The van der Waals surface area contributed by atoms with Crippen LogP contribution in [-0.2, 0) is 16.0 Å². The molecule has 2 N–H and O–H groups in total. The van der Waals surface area contributed by atoms with E-state index < -0.39 is 5.60 Å². The van der Waals surface area contributed by atoms with Gasteiger partial charge in [0, 0.05) is 52.1 Å². The molecule has 0 saturated carbocycles. The number of benzene rings is 1. The summed E-state index contributed by atoms with van der Waals surface area (Å²) in [5.74, 6) is 0.220. The Morgan fingerprint density at radius 3 is 2.52 bits per heavy atom. The highest BCUT2D eigenvalue weighted by molar-refractivity contribution is 5.76. The third-order valence-corrected chi connectivity index (χ3v) is 6.25. The highest BCUT2D eigenvalue weighted by Crippen LogP contribution is 2.25. The van der Waals surface area contributed by atoms with E-state index in [1.165, 1.54) is 5.56 Å². The number of hydrogen-bond acceptors (Lipinski definition) is 4. The lowest BCUT2D eigenvalue weighted by atomic mass is 9.93. The molecule has 1 atom stereocenters. The molecule has 6 nitrogen and oxygen atoms in total. The fourth-order valence-electron chi connectivity index (χ4n) is 4.58. The van der Waals surface area contributed by atoms with Gasteiger partial charge in [0.1, 0.15) is 0 Å². The fraction of sp³-hybridized carbons (Fsp3) is 0.652. The van der Waals surface area contributed by atoms with Crippen molar-refractivity contribution in [1.29, 1.82) is 0 Å². The van der Waals surface area contributed by atoms with Gasteiger partial charge in [0.2, 0.25) is 11.8 Å². The summed E-state index contributed by atoms with van der Waals surface area (Å²) in [6, 6.07) is 10.4. The molecule has 0 radical (unpaired) electrons. The molecular weight excluding hydrogens is 366 g/mol. The molecule has 0 aromatic heterocycles. The van der Waals surface area contributed by atoms with Gasteiger partial charge in [0.05, 0.1) is 5.60 Å². The number of piperidine rings is 1. The first-order chi connectivity index (χ1) is 13.9. The maximum absolute atomic E-state index is 12.6. The highest BCUT2D eigenvalue weighted by Gasteiger charge is 2.34. The Morgan fingerprint density at radius 1 is 1.10 bits per heavy atom. The molecule has 2 amide bonds. The van der Waals surface area contributed by atoms with Crippen LogP contribution in [0.15, 0.2) is 30.3 Å². The zero-order valence-corrected chi connectivity index (χ0v) is 17.6. The molecular formula is C23H35N3O3. The van der Waals surface area contributed by atoms with E-state index in [2.05, 4.69) is 22.3 Å². The second-order valence-electron chi connectivity index (χ2n) is 8.70. The summed E-state index contributed by atoms with van der Waals surface area (Å²) in [7, 11) is 0. The van der Waals surface area contributed by atoms with Crippen molar-refractivity contribution < 1.29 is 14.7 Å². The van der Waals surface area contributed by atoms with Crippen LogP contribution in [0.3, 0.4) is 0 Å². The number of nitrogens with zero attached hydrogens (tertiary/aromatic N) is 2. The number of β-amino-alcohol motifs (C(OH)–C–C–N with tert-alkyl or cyclic N) is 1. The molecule has 29 heavy (non-hydrogen) atoms. The zero-order valence-electron chi connectivity index (χ0n) is 17.6. The zero-order chi connectivity index (χ0) is 20.7. The van der Waals surface area contributed by atoms with Crippen LogP contribution in [-0.4, -0.2) is 71.1 Å². The number of hydrogen-bond donors (Lipinski definition) is 2. The first-order valence-corrected chi connectivity index (χ1v) is 11.0. The van der Waals surface area contributed by atoms with Crippen molar-refractivity contribution in [3.05, 3.63) is 35.9 Å². The molecule has 2 fully saturated rings. The molecule has 6 heteroatoms. The van der Waals surface area contributed by atoms with Crippen molar-refractivity contribution in [2.24, 2.45) is 0 Å². The minimum atomic E-state index is -0.727. The average molecular weight is 402 g/mol. The number of carbonyl (C=O) groups is 2. The number of amides is 2. The van der Waals surface area contributed by atoms with Gasteiger partial charge in [-0.3, -0.25) is 9.59 Å². The van der Waals surface area contributed by atoms with Crippen LogP contribution in [0.1, 0.15) is 51.0 Å². The second kappa shape index (κ2) is 10.2. The molecule has 0 spiro atoms. The van der Waals surface area contributed by atoms with E-state index in [-0.39, 0.29) is 17.9 Å². The van der Waals surface area contributed by atoms with Crippen molar-refractivity contribution in [3.8, 4) is 0 Å². The smallest absolute Gasteiger partial charge is 0.222 e. The van der Waals surface area contributed by atoms with E-state index in [0.29, 0.717) is 25.9 Å². The molecule has 3 rings (SSSR count).